The molecule has 0 spiro atoms. The van der Waals surface area contributed by atoms with E-state index in [1.165, 1.54) is 33.4 Å². The van der Waals surface area contributed by atoms with Gasteiger partial charge in [0.2, 0.25) is 5.89 Å². The van der Waals surface area contributed by atoms with Crippen LogP contribution in [0, 0.1) is 0 Å². The number of fused-ring (bicyclic) bond motifs is 9. The maximum atomic E-state index is 6.65. The second-order valence-corrected chi connectivity index (χ2v) is 14.8. The lowest BCUT2D eigenvalue weighted by molar-refractivity contribution is 0.623. The zero-order valence-corrected chi connectivity index (χ0v) is 29.9. The molecule has 10 aromatic rings. The Labute approximate surface area is 312 Å². The predicted molar refractivity (Wildman–Crippen MR) is 222 cm³/mol. The highest BCUT2D eigenvalue weighted by atomic mass is 16.3. The molecule has 4 heteroatoms. The van der Waals surface area contributed by atoms with Gasteiger partial charge in [-0.2, -0.15) is 0 Å². The van der Waals surface area contributed by atoms with Crippen LogP contribution >= 0.6 is 0 Å². The van der Waals surface area contributed by atoms with Gasteiger partial charge in [0.25, 0.3) is 0 Å². The number of nitrogens with zero attached hydrogens (tertiary/aromatic N) is 2. The average Bonchev–Trinajstić information content (AvgIpc) is 3.89. The Hall–Kier alpha value is -6.91. The summed E-state index contributed by atoms with van der Waals surface area (Å²) in [5, 5.41) is 4.19. The standard InChI is InChI=1S/C50H34N2O2/c1-50(2)42-17-9-8-15-38(42)41-29-35(25-27-43(41)50)52(34-22-19-32(20-23-34)31-11-4-3-5-12-31)36-24-26-39-46(30-36)53-45-18-10-16-40(47(39)45)49-51-44-28-21-33-13-6-7-14-37(33)48(44)54-49/h3-30H,1-2H3. The Bertz CT molecular complexity index is 3080. The first-order chi connectivity index (χ1) is 26.5. The lowest BCUT2D eigenvalue weighted by Gasteiger charge is -2.27. The third-order valence-corrected chi connectivity index (χ3v) is 11.3. The molecule has 0 saturated heterocycles. The molecule has 0 fully saturated rings. The van der Waals surface area contributed by atoms with Crippen LogP contribution in [0.4, 0.5) is 17.1 Å². The fourth-order valence-electron chi connectivity index (χ4n) is 8.63. The van der Waals surface area contributed by atoms with Crippen LogP contribution in [-0.4, -0.2) is 4.98 Å². The summed E-state index contributed by atoms with van der Waals surface area (Å²) in [5.74, 6) is 0.584. The highest BCUT2D eigenvalue weighted by Gasteiger charge is 2.35. The van der Waals surface area contributed by atoms with E-state index >= 15 is 0 Å². The van der Waals surface area contributed by atoms with Gasteiger partial charge in [-0.15, -0.1) is 0 Å². The van der Waals surface area contributed by atoms with Gasteiger partial charge in [-0.1, -0.05) is 123 Å². The molecule has 0 saturated carbocycles. The Kier molecular flexibility index (Phi) is 6.56. The Morgan fingerprint density at radius 3 is 2.07 bits per heavy atom. The fourth-order valence-corrected chi connectivity index (χ4v) is 8.63. The summed E-state index contributed by atoms with van der Waals surface area (Å²) in [4.78, 5) is 7.30. The van der Waals surface area contributed by atoms with E-state index in [-0.39, 0.29) is 5.41 Å². The fraction of sp³-hybridized carbons (Fsp3) is 0.0600. The van der Waals surface area contributed by atoms with E-state index in [9.17, 15) is 0 Å². The Morgan fingerprint density at radius 1 is 0.481 bits per heavy atom. The molecular formula is C50H34N2O2. The van der Waals surface area contributed by atoms with Crippen molar-refractivity contribution < 1.29 is 8.83 Å². The number of rotatable bonds is 5. The average molecular weight is 695 g/mol. The maximum Gasteiger partial charge on any atom is 0.228 e. The highest BCUT2D eigenvalue weighted by molar-refractivity contribution is 6.13. The third-order valence-electron chi connectivity index (χ3n) is 11.3. The molecule has 4 nitrogen and oxygen atoms in total. The van der Waals surface area contributed by atoms with Crippen LogP contribution in [0.3, 0.4) is 0 Å². The van der Waals surface area contributed by atoms with Crippen LogP contribution < -0.4 is 4.90 Å². The summed E-state index contributed by atoms with van der Waals surface area (Å²) in [6, 6.07) is 60.1. The maximum absolute atomic E-state index is 6.65. The van der Waals surface area contributed by atoms with Gasteiger partial charge in [0, 0.05) is 50.3 Å². The SMILES string of the molecule is CC1(C)c2ccccc2-c2cc(N(c3ccc(-c4ccccc4)cc3)c3ccc4c(c3)oc3cccc(-c5nc6ccc7ccccc7c6o5)c34)ccc21. The molecule has 0 bridgehead atoms. The zero-order chi connectivity index (χ0) is 36.0. The van der Waals surface area contributed by atoms with E-state index in [2.05, 4.69) is 158 Å². The number of hydrogen-bond donors (Lipinski definition) is 0. The van der Waals surface area contributed by atoms with Crippen molar-refractivity contribution in [1.29, 1.82) is 0 Å². The first-order valence-electron chi connectivity index (χ1n) is 18.5. The Morgan fingerprint density at radius 2 is 1.19 bits per heavy atom. The van der Waals surface area contributed by atoms with Gasteiger partial charge in [-0.25, -0.2) is 4.98 Å². The summed E-state index contributed by atoms with van der Waals surface area (Å²) in [6.07, 6.45) is 0. The van der Waals surface area contributed by atoms with Crippen molar-refractivity contribution in [3.8, 4) is 33.7 Å². The third kappa shape index (κ3) is 4.60. The van der Waals surface area contributed by atoms with Gasteiger partial charge in [-0.05, 0) is 93.4 Å². The number of anilines is 3. The predicted octanol–water partition coefficient (Wildman–Crippen LogP) is 14.0. The number of oxazole rings is 1. The molecule has 0 unspecified atom stereocenters. The summed E-state index contributed by atoms with van der Waals surface area (Å²) in [6.45, 7) is 4.65. The molecule has 8 aromatic carbocycles. The van der Waals surface area contributed by atoms with Gasteiger partial charge in [0.05, 0.1) is 0 Å². The normalized spacial score (nSPS) is 13.1. The van der Waals surface area contributed by atoms with Crippen LogP contribution in [0.15, 0.2) is 179 Å². The first-order valence-corrected chi connectivity index (χ1v) is 18.5. The molecule has 0 atom stereocenters. The van der Waals surface area contributed by atoms with Crippen molar-refractivity contribution >= 4 is 60.9 Å². The minimum Gasteiger partial charge on any atom is -0.456 e. The molecule has 0 N–H and O–H groups in total. The monoisotopic (exact) mass is 694 g/mol. The smallest absolute Gasteiger partial charge is 0.228 e. The van der Waals surface area contributed by atoms with Crippen LogP contribution in [-0.2, 0) is 5.41 Å². The largest absolute Gasteiger partial charge is 0.456 e. The summed E-state index contributed by atoms with van der Waals surface area (Å²) in [5.41, 5.74) is 14.9. The summed E-state index contributed by atoms with van der Waals surface area (Å²) in [7, 11) is 0. The Balaban J connectivity index is 1.07. The number of benzene rings is 8. The number of hydrogen-bond acceptors (Lipinski definition) is 4. The van der Waals surface area contributed by atoms with E-state index in [1.807, 2.05) is 30.3 Å². The van der Waals surface area contributed by atoms with E-state index in [4.69, 9.17) is 13.8 Å². The molecule has 0 radical (unpaired) electrons. The second-order valence-electron chi connectivity index (χ2n) is 14.8. The van der Waals surface area contributed by atoms with Gasteiger partial charge >= 0.3 is 0 Å². The molecule has 54 heavy (non-hydrogen) atoms. The van der Waals surface area contributed by atoms with Gasteiger partial charge < -0.3 is 13.7 Å². The van der Waals surface area contributed by atoms with Crippen molar-refractivity contribution in [3.05, 3.63) is 181 Å². The molecule has 2 aromatic heterocycles. The quantitative estimate of drug-likeness (QED) is 0.180. The van der Waals surface area contributed by atoms with E-state index < -0.39 is 0 Å². The molecule has 1 aliphatic rings. The van der Waals surface area contributed by atoms with E-state index in [1.54, 1.807) is 0 Å². The van der Waals surface area contributed by atoms with Crippen molar-refractivity contribution in [1.82, 2.24) is 4.98 Å². The molecule has 0 aliphatic heterocycles. The number of furan rings is 1. The minimum atomic E-state index is -0.0701. The van der Waals surface area contributed by atoms with Crippen LogP contribution in [0.25, 0.3) is 77.5 Å². The van der Waals surface area contributed by atoms with Gasteiger partial charge in [-0.3, -0.25) is 0 Å². The second kappa shape index (κ2) is 11.5. The summed E-state index contributed by atoms with van der Waals surface area (Å²) >= 11 is 0. The van der Waals surface area contributed by atoms with Crippen molar-refractivity contribution in [2.24, 2.45) is 0 Å². The molecule has 256 valence electrons. The number of aromatic nitrogens is 1. The van der Waals surface area contributed by atoms with E-state index in [0.29, 0.717) is 5.89 Å². The van der Waals surface area contributed by atoms with Gasteiger partial charge in [0.1, 0.15) is 16.7 Å². The van der Waals surface area contributed by atoms with Crippen molar-refractivity contribution in [2.75, 3.05) is 4.90 Å². The highest BCUT2D eigenvalue weighted by Crippen LogP contribution is 2.51. The molecule has 2 heterocycles. The van der Waals surface area contributed by atoms with E-state index in [0.717, 1.165) is 66.4 Å². The molecular weight excluding hydrogens is 661 g/mol. The van der Waals surface area contributed by atoms with Crippen LogP contribution in [0.1, 0.15) is 25.0 Å². The van der Waals surface area contributed by atoms with Crippen LogP contribution in [0.5, 0.6) is 0 Å². The minimum absolute atomic E-state index is 0.0701. The van der Waals surface area contributed by atoms with Crippen molar-refractivity contribution in [2.45, 2.75) is 19.3 Å². The summed E-state index contributed by atoms with van der Waals surface area (Å²) < 4.78 is 13.2. The zero-order valence-electron chi connectivity index (χ0n) is 29.9. The molecule has 11 rings (SSSR count). The molecule has 0 amide bonds. The lowest BCUT2D eigenvalue weighted by atomic mass is 9.82. The molecule has 1 aliphatic carbocycles. The van der Waals surface area contributed by atoms with Gasteiger partial charge in [0.15, 0.2) is 5.58 Å². The first kappa shape index (κ1) is 30.7. The lowest BCUT2D eigenvalue weighted by Crippen LogP contribution is -2.15. The van der Waals surface area contributed by atoms with Crippen LogP contribution in [0.2, 0.25) is 0 Å². The van der Waals surface area contributed by atoms with Crippen molar-refractivity contribution in [3.63, 3.8) is 0 Å². The topological polar surface area (TPSA) is 42.4 Å².